The monoisotopic (exact) mass is 666 g/mol. The highest BCUT2D eigenvalue weighted by atomic mass is 127. The second-order valence-electron chi connectivity index (χ2n) is 12.5. The van der Waals surface area contributed by atoms with Crippen molar-refractivity contribution >= 4 is 34.3 Å². The number of carbonyl (C=O) groups is 2. The molecule has 0 unspecified atom stereocenters. The molecule has 0 aromatic carbocycles. The van der Waals surface area contributed by atoms with Crippen molar-refractivity contribution in [2.45, 2.75) is 113 Å². The predicted molar refractivity (Wildman–Crippen MR) is 160 cm³/mol. The first kappa shape index (κ1) is 30.1. The third-order valence-corrected chi connectivity index (χ3v) is 11.6. The van der Waals surface area contributed by atoms with Crippen molar-refractivity contribution in [1.29, 1.82) is 0 Å². The lowest BCUT2D eigenvalue weighted by Crippen LogP contribution is -2.57. The highest BCUT2D eigenvalue weighted by Crippen LogP contribution is 2.46. The number of ether oxygens (including phenoxy) is 4. The highest BCUT2D eigenvalue weighted by Gasteiger charge is 2.60. The number of alkyl halides is 1. The number of hydrogen-bond donors (Lipinski definition) is 1. The number of halogens is 1. The zero-order valence-corrected chi connectivity index (χ0v) is 26.4. The molecule has 220 valence electrons. The first-order valence-corrected chi connectivity index (χ1v) is 16.0. The molecule has 1 aliphatic carbocycles. The van der Waals surface area contributed by atoms with Crippen LogP contribution in [0.15, 0.2) is 47.1 Å². The van der Waals surface area contributed by atoms with Crippen LogP contribution in [0, 0.1) is 17.8 Å². The summed E-state index contributed by atoms with van der Waals surface area (Å²) in [5, 5.41) is 12.0. The lowest BCUT2D eigenvalue weighted by molar-refractivity contribution is -0.335. The summed E-state index contributed by atoms with van der Waals surface area (Å²) in [5.41, 5.74) is 0.396. The number of esters is 1. The molecular weight excluding hydrogens is 623 g/mol. The summed E-state index contributed by atoms with van der Waals surface area (Å²) in [6, 6.07) is 0. The molecule has 0 aromatic rings. The molecule has 5 rings (SSSR count). The molecule has 1 spiro atoms. The van der Waals surface area contributed by atoms with Gasteiger partial charge in [-0.05, 0) is 56.1 Å². The molecule has 1 N–H and O–H groups in total. The topological polar surface area (TPSA) is 91.3 Å². The number of allylic oxidation sites excluding steroid dienone is 4. The Morgan fingerprint density at radius 3 is 2.67 bits per heavy atom. The van der Waals surface area contributed by atoms with Gasteiger partial charge in [0.05, 0.1) is 18.8 Å². The fourth-order valence-electron chi connectivity index (χ4n) is 7.01. The predicted octanol–water partition coefficient (Wildman–Crippen LogP) is 5.55. The Labute approximate surface area is 251 Å². The number of Topliss-reactive ketones (excluding diaryl/α,β-unsaturated/α-hetero) is 1. The molecule has 0 amide bonds. The van der Waals surface area contributed by atoms with Gasteiger partial charge in [-0.1, -0.05) is 79.3 Å². The Hall–Kier alpha value is -1.33. The molecule has 3 fully saturated rings. The zero-order chi connectivity index (χ0) is 28.8. The molecule has 2 bridgehead atoms. The van der Waals surface area contributed by atoms with Crippen molar-refractivity contribution in [2.75, 3.05) is 6.61 Å². The SMILES string of the molecule is CC[C@H]1O[C@]2(CC[C@@H]1C)C[C@@H]1C[C@@H](C/C=C(\C)[C@H](I)[C@@H](C)/C=C/C=C3\CO[C@@H]4C(=O)C(C)=C[C@@H](C(=O)O1)[C@]34O)O2. The van der Waals surface area contributed by atoms with Gasteiger partial charge in [0.1, 0.15) is 17.6 Å². The molecule has 8 heteroatoms. The Bertz CT molecular complexity index is 1140. The van der Waals surface area contributed by atoms with Crippen LogP contribution in [0.25, 0.3) is 0 Å². The van der Waals surface area contributed by atoms with Gasteiger partial charge in [0.2, 0.25) is 0 Å². The lowest BCUT2D eigenvalue weighted by Gasteiger charge is -2.49. The van der Waals surface area contributed by atoms with E-state index < -0.39 is 35.5 Å². The van der Waals surface area contributed by atoms with E-state index in [0.29, 0.717) is 36.3 Å². The zero-order valence-electron chi connectivity index (χ0n) is 24.2. The van der Waals surface area contributed by atoms with E-state index in [4.69, 9.17) is 18.9 Å². The minimum Gasteiger partial charge on any atom is -0.462 e. The normalized spacial score (nSPS) is 47.8. The van der Waals surface area contributed by atoms with Crippen LogP contribution in [0.3, 0.4) is 0 Å². The van der Waals surface area contributed by atoms with Crippen LogP contribution in [0.2, 0.25) is 0 Å². The van der Waals surface area contributed by atoms with Crippen molar-refractivity contribution in [1.82, 2.24) is 0 Å². The van der Waals surface area contributed by atoms with E-state index in [-0.39, 0.29) is 34.4 Å². The molecule has 7 nitrogen and oxygen atoms in total. The van der Waals surface area contributed by atoms with Gasteiger partial charge in [0, 0.05) is 23.2 Å². The Kier molecular flexibility index (Phi) is 8.85. The van der Waals surface area contributed by atoms with Gasteiger partial charge < -0.3 is 24.1 Å². The summed E-state index contributed by atoms with van der Waals surface area (Å²) in [4.78, 5) is 26.9. The Balaban J connectivity index is 1.54. The number of aliphatic hydroxyl groups is 1. The average Bonchev–Trinajstić information content (AvgIpc) is 3.26. The second-order valence-corrected chi connectivity index (χ2v) is 13.8. The number of hydrogen-bond acceptors (Lipinski definition) is 7. The summed E-state index contributed by atoms with van der Waals surface area (Å²) in [6.45, 7) is 10.4. The van der Waals surface area contributed by atoms with Crippen molar-refractivity contribution in [3.63, 3.8) is 0 Å². The molecule has 0 saturated carbocycles. The number of rotatable bonds is 1. The van der Waals surface area contributed by atoms with Crippen LogP contribution in [-0.2, 0) is 28.5 Å². The average molecular weight is 667 g/mol. The number of ketones is 1. The third-order valence-electron chi connectivity index (χ3n) is 9.52. The van der Waals surface area contributed by atoms with Crippen LogP contribution in [0.1, 0.15) is 73.1 Å². The van der Waals surface area contributed by atoms with Crippen LogP contribution in [0.4, 0.5) is 0 Å². The number of fused-ring (bicyclic) bond motifs is 2. The summed E-state index contributed by atoms with van der Waals surface area (Å²) >= 11 is 2.48. The third kappa shape index (κ3) is 5.55. The lowest BCUT2D eigenvalue weighted by atomic mass is 9.71. The minimum atomic E-state index is -1.79. The highest BCUT2D eigenvalue weighted by molar-refractivity contribution is 14.1. The van der Waals surface area contributed by atoms with Gasteiger partial charge in [0.25, 0.3) is 0 Å². The molecule has 40 heavy (non-hydrogen) atoms. The van der Waals surface area contributed by atoms with Crippen molar-refractivity contribution < 1.29 is 33.6 Å². The summed E-state index contributed by atoms with van der Waals surface area (Å²) in [6.07, 6.45) is 12.3. The van der Waals surface area contributed by atoms with Crippen LogP contribution < -0.4 is 0 Å². The van der Waals surface area contributed by atoms with E-state index in [9.17, 15) is 14.7 Å². The van der Waals surface area contributed by atoms with Crippen LogP contribution in [0.5, 0.6) is 0 Å². The summed E-state index contributed by atoms with van der Waals surface area (Å²) < 4.78 is 25.7. The maximum atomic E-state index is 13.9. The van der Waals surface area contributed by atoms with Crippen LogP contribution >= 0.6 is 22.6 Å². The molecule has 4 aliphatic heterocycles. The Morgan fingerprint density at radius 2 is 1.93 bits per heavy atom. The van der Waals surface area contributed by atoms with Crippen LogP contribution in [-0.4, -0.2) is 63.2 Å². The maximum Gasteiger partial charge on any atom is 0.316 e. The van der Waals surface area contributed by atoms with E-state index in [0.717, 1.165) is 19.3 Å². The van der Waals surface area contributed by atoms with E-state index in [1.807, 2.05) is 6.08 Å². The Morgan fingerprint density at radius 1 is 1.15 bits per heavy atom. The van der Waals surface area contributed by atoms with Gasteiger partial charge in [0.15, 0.2) is 17.7 Å². The first-order chi connectivity index (χ1) is 19.0. The molecule has 0 radical (unpaired) electrons. The maximum absolute atomic E-state index is 13.9. The molecule has 5 aliphatic rings. The van der Waals surface area contributed by atoms with E-state index in [1.165, 1.54) is 5.57 Å². The second kappa shape index (κ2) is 11.7. The summed E-state index contributed by atoms with van der Waals surface area (Å²) in [7, 11) is 0. The molecule has 3 saturated heterocycles. The largest absolute Gasteiger partial charge is 0.462 e. The van der Waals surface area contributed by atoms with E-state index in [1.54, 1.807) is 19.1 Å². The quantitative estimate of drug-likeness (QED) is 0.170. The first-order valence-electron chi connectivity index (χ1n) is 14.8. The smallest absolute Gasteiger partial charge is 0.316 e. The van der Waals surface area contributed by atoms with E-state index >= 15 is 0 Å². The van der Waals surface area contributed by atoms with Crippen molar-refractivity contribution in [3.05, 3.63) is 47.1 Å². The number of carbonyl (C=O) groups excluding carboxylic acids is 2. The fourth-order valence-corrected chi connectivity index (χ4v) is 7.50. The molecular formula is C32H43IO7. The van der Waals surface area contributed by atoms with Gasteiger partial charge in [-0.25, -0.2) is 0 Å². The molecule has 4 heterocycles. The molecule has 10 atom stereocenters. The summed E-state index contributed by atoms with van der Waals surface area (Å²) in [5.74, 6) is -2.02. The van der Waals surface area contributed by atoms with Gasteiger partial charge in [-0.2, -0.15) is 0 Å². The van der Waals surface area contributed by atoms with Gasteiger partial charge >= 0.3 is 5.97 Å². The van der Waals surface area contributed by atoms with Gasteiger partial charge in [-0.15, -0.1) is 0 Å². The van der Waals surface area contributed by atoms with Crippen molar-refractivity contribution in [2.24, 2.45) is 17.8 Å². The van der Waals surface area contributed by atoms with E-state index in [2.05, 4.69) is 62.4 Å². The van der Waals surface area contributed by atoms with Gasteiger partial charge in [-0.3, -0.25) is 9.59 Å². The van der Waals surface area contributed by atoms with Crippen molar-refractivity contribution in [3.8, 4) is 0 Å². The minimum absolute atomic E-state index is 0.0794. The molecule has 0 aromatic heterocycles. The fraction of sp³-hybridized carbons (Fsp3) is 0.688. The standard InChI is InChI=1S/C32H43IO7/c1-6-26-18(2)12-13-31(40-26)16-24-15-23(39-31)11-10-20(4)27(33)19(3)8-7-9-22-17-37-29-28(34)21(5)14-25(30(35)38-24)32(22,29)36/h7-10,14,18-19,23-27,29,36H,6,11-13,15-17H2,1-5H3/b8-7+,20-10+,22-9+/t18-,19-,23+,24-,25-,26+,27+,29+,31+,32+/m0/s1.